The van der Waals surface area contributed by atoms with Crippen LogP contribution in [0.5, 0.6) is 0 Å². The zero-order chi connectivity index (χ0) is 9.10. The summed E-state index contributed by atoms with van der Waals surface area (Å²) in [6.45, 7) is 0.829. The van der Waals surface area contributed by atoms with Crippen molar-refractivity contribution in [1.29, 1.82) is 0 Å². The summed E-state index contributed by atoms with van der Waals surface area (Å²) in [5.74, 6) is 0. The second kappa shape index (κ2) is 3.89. The van der Waals surface area contributed by atoms with Crippen molar-refractivity contribution >= 4 is 0 Å². The van der Waals surface area contributed by atoms with Crippen molar-refractivity contribution in [3.8, 4) is 0 Å². The van der Waals surface area contributed by atoms with Gasteiger partial charge in [0, 0.05) is 12.8 Å². The molecule has 1 N–H and O–H groups in total. The number of nitrogens with zero attached hydrogens (tertiary/aromatic N) is 2. The van der Waals surface area contributed by atoms with Crippen LogP contribution in [-0.2, 0) is 11.3 Å². The van der Waals surface area contributed by atoms with Crippen molar-refractivity contribution in [2.24, 2.45) is 0 Å². The summed E-state index contributed by atoms with van der Waals surface area (Å²) in [6, 6.07) is 1.82. The molecule has 1 aromatic rings. The molecule has 0 spiro atoms. The summed E-state index contributed by atoms with van der Waals surface area (Å²) in [5, 5.41) is 13.2. The first-order valence-electron chi connectivity index (χ1n) is 4.66. The van der Waals surface area contributed by atoms with E-state index in [9.17, 15) is 0 Å². The van der Waals surface area contributed by atoms with Gasteiger partial charge in [0.15, 0.2) is 6.23 Å². The van der Waals surface area contributed by atoms with E-state index in [0.29, 0.717) is 0 Å². The minimum Gasteiger partial charge on any atom is -0.390 e. The molecule has 2 heterocycles. The Morgan fingerprint density at radius 1 is 1.62 bits per heavy atom. The van der Waals surface area contributed by atoms with E-state index >= 15 is 0 Å². The van der Waals surface area contributed by atoms with Gasteiger partial charge in [0.1, 0.15) is 0 Å². The normalized spacial score (nSPS) is 23.3. The molecular weight excluding hydrogens is 168 g/mol. The summed E-state index contributed by atoms with van der Waals surface area (Å²) in [4.78, 5) is 0. The molecule has 1 aliphatic rings. The molecule has 0 saturated carbocycles. The second-order valence-electron chi connectivity index (χ2n) is 3.25. The number of hydrogen-bond donors (Lipinski definition) is 1. The minimum absolute atomic E-state index is 0.0276. The Morgan fingerprint density at radius 2 is 2.54 bits per heavy atom. The average Bonchev–Trinajstić information content (AvgIpc) is 2.67. The fourth-order valence-electron chi connectivity index (χ4n) is 1.64. The third-order valence-corrected chi connectivity index (χ3v) is 2.34. The molecule has 1 aromatic heterocycles. The van der Waals surface area contributed by atoms with Gasteiger partial charge in [-0.25, -0.2) is 4.68 Å². The van der Waals surface area contributed by atoms with Crippen molar-refractivity contribution in [2.45, 2.75) is 32.1 Å². The second-order valence-corrected chi connectivity index (χ2v) is 3.25. The van der Waals surface area contributed by atoms with Crippen molar-refractivity contribution in [3.05, 3.63) is 18.0 Å². The number of hydrogen-bond acceptors (Lipinski definition) is 3. The molecule has 0 aromatic carbocycles. The van der Waals surface area contributed by atoms with Gasteiger partial charge in [0.25, 0.3) is 0 Å². The minimum atomic E-state index is 0.0276. The maximum atomic E-state index is 9.02. The van der Waals surface area contributed by atoms with Crippen molar-refractivity contribution in [3.63, 3.8) is 0 Å². The van der Waals surface area contributed by atoms with Gasteiger partial charge in [-0.15, -0.1) is 0 Å². The lowest BCUT2D eigenvalue weighted by Crippen LogP contribution is -2.20. The molecule has 1 aliphatic heterocycles. The van der Waals surface area contributed by atoms with Gasteiger partial charge in [-0.1, -0.05) is 0 Å². The molecule has 1 atom stereocenters. The molecule has 72 valence electrons. The molecule has 1 fully saturated rings. The van der Waals surface area contributed by atoms with Crippen LogP contribution in [0.4, 0.5) is 0 Å². The van der Waals surface area contributed by atoms with Gasteiger partial charge in [0.2, 0.25) is 0 Å². The molecule has 0 bridgehead atoms. The number of aliphatic hydroxyl groups is 1. The molecule has 2 rings (SSSR count). The summed E-state index contributed by atoms with van der Waals surface area (Å²) in [7, 11) is 0. The maximum Gasteiger partial charge on any atom is 0.150 e. The highest BCUT2D eigenvalue weighted by Gasteiger charge is 2.17. The van der Waals surface area contributed by atoms with Gasteiger partial charge < -0.3 is 9.84 Å². The topological polar surface area (TPSA) is 47.3 Å². The largest absolute Gasteiger partial charge is 0.390 e. The first kappa shape index (κ1) is 8.72. The summed E-state index contributed by atoms with van der Waals surface area (Å²) in [6.07, 6.45) is 5.03. The van der Waals surface area contributed by atoms with E-state index in [2.05, 4.69) is 5.10 Å². The highest BCUT2D eigenvalue weighted by Crippen LogP contribution is 2.22. The van der Waals surface area contributed by atoms with Gasteiger partial charge >= 0.3 is 0 Å². The van der Waals surface area contributed by atoms with Gasteiger partial charge in [0.05, 0.1) is 12.3 Å². The van der Waals surface area contributed by atoms with Crippen LogP contribution in [0.1, 0.15) is 31.2 Å². The lowest BCUT2D eigenvalue weighted by molar-refractivity contribution is -0.0426. The molecule has 1 unspecified atom stereocenters. The Hall–Kier alpha value is -0.870. The van der Waals surface area contributed by atoms with E-state index in [-0.39, 0.29) is 12.8 Å². The number of ether oxygens (including phenoxy) is 1. The Balaban J connectivity index is 2.13. The van der Waals surface area contributed by atoms with Crippen LogP contribution >= 0.6 is 0 Å². The monoisotopic (exact) mass is 182 g/mol. The fraction of sp³-hybridized carbons (Fsp3) is 0.667. The van der Waals surface area contributed by atoms with E-state index < -0.39 is 0 Å². The van der Waals surface area contributed by atoms with Gasteiger partial charge in [-0.05, 0) is 25.3 Å². The predicted octanol–water partition coefficient (Wildman–Crippen LogP) is 1.07. The Morgan fingerprint density at radius 3 is 3.23 bits per heavy atom. The lowest BCUT2D eigenvalue weighted by atomic mass is 10.2. The molecule has 0 aliphatic carbocycles. The van der Waals surface area contributed by atoms with Crippen LogP contribution in [0.25, 0.3) is 0 Å². The number of rotatable bonds is 2. The lowest BCUT2D eigenvalue weighted by Gasteiger charge is -2.24. The summed E-state index contributed by atoms with van der Waals surface area (Å²) in [5.41, 5.74) is 0.826. The number of aliphatic hydroxyl groups excluding tert-OH is 1. The third kappa shape index (κ3) is 1.73. The zero-order valence-electron chi connectivity index (χ0n) is 7.52. The molecule has 4 nitrogen and oxygen atoms in total. The van der Waals surface area contributed by atoms with Crippen molar-refractivity contribution in [1.82, 2.24) is 9.78 Å². The molecule has 13 heavy (non-hydrogen) atoms. The van der Waals surface area contributed by atoms with Crippen LogP contribution in [0, 0.1) is 0 Å². The van der Waals surface area contributed by atoms with Gasteiger partial charge in [-0.2, -0.15) is 5.10 Å². The molecule has 0 radical (unpaired) electrons. The predicted molar refractivity (Wildman–Crippen MR) is 47.0 cm³/mol. The van der Waals surface area contributed by atoms with E-state index in [0.717, 1.165) is 25.1 Å². The van der Waals surface area contributed by atoms with Crippen LogP contribution in [0.2, 0.25) is 0 Å². The van der Waals surface area contributed by atoms with E-state index in [1.165, 1.54) is 6.42 Å². The molecule has 1 saturated heterocycles. The zero-order valence-corrected chi connectivity index (χ0v) is 7.52. The highest BCUT2D eigenvalue weighted by molar-refractivity contribution is 4.99. The standard InChI is InChI=1S/C9H14N2O2/c12-7-8-4-5-10-11(8)9-3-1-2-6-13-9/h4-5,9,12H,1-3,6-7H2. The van der Waals surface area contributed by atoms with Crippen LogP contribution in [0.3, 0.4) is 0 Å². The van der Waals surface area contributed by atoms with Crippen LogP contribution < -0.4 is 0 Å². The maximum absolute atomic E-state index is 9.02. The Labute approximate surface area is 77.1 Å². The smallest absolute Gasteiger partial charge is 0.150 e. The Kier molecular flexibility index (Phi) is 2.61. The first-order chi connectivity index (χ1) is 6.42. The van der Waals surface area contributed by atoms with E-state index in [1.807, 2.05) is 6.07 Å². The highest BCUT2D eigenvalue weighted by atomic mass is 16.5. The Bertz CT molecular complexity index is 266. The van der Waals surface area contributed by atoms with E-state index in [1.54, 1.807) is 10.9 Å². The van der Waals surface area contributed by atoms with Gasteiger partial charge in [-0.3, -0.25) is 0 Å². The van der Waals surface area contributed by atoms with Crippen molar-refractivity contribution in [2.75, 3.05) is 6.61 Å². The molecule has 4 heteroatoms. The first-order valence-corrected chi connectivity index (χ1v) is 4.66. The average molecular weight is 182 g/mol. The third-order valence-electron chi connectivity index (χ3n) is 2.34. The molecule has 0 amide bonds. The molecular formula is C9H14N2O2. The summed E-state index contributed by atoms with van der Waals surface area (Å²) >= 11 is 0. The number of aromatic nitrogens is 2. The van der Waals surface area contributed by atoms with Crippen molar-refractivity contribution < 1.29 is 9.84 Å². The fourth-order valence-corrected chi connectivity index (χ4v) is 1.64. The van der Waals surface area contributed by atoms with Crippen LogP contribution in [0.15, 0.2) is 12.3 Å². The van der Waals surface area contributed by atoms with E-state index in [4.69, 9.17) is 9.84 Å². The SMILES string of the molecule is OCc1ccnn1C1CCCCO1. The summed E-state index contributed by atoms with van der Waals surface area (Å²) < 4.78 is 7.33. The van der Waals surface area contributed by atoms with Crippen LogP contribution in [-0.4, -0.2) is 21.5 Å². The quantitative estimate of drug-likeness (QED) is 0.744.